The summed E-state index contributed by atoms with van der Waals surface area (Å²) in [4.78, 5) is 0. The number of benzene rings is 4. The zero-order valence-corrected chi connectivity index (χ0v) is 18.2. The number of ether oxygens (including phenoxy) is 2. The third kappa shape index (κ3) is 4.33. The van der Waals surface area contributed by atoms with Crippen LogP contribution in [0.1, 0.15) is 33.4 Å². The zero-order valence-electron chi connectivity index (χ0n) is 18.2. The second-order valence-corrected chi connectivity index (χ2v) is 8.04. The molecule has 0 saturated carbocycles. The quantitative estimate of drug-likeness (QED) is 0.342. The van der Waals surface area contributed by atoms with Gasteiger partial charge in [0, 0.05) is 0 Å². The minimum absolute atomic E-state index is 0.569. The predicted molar refractivity (Wildman–Crippen MR) is 124 cm³/mol. The van der Waals surface area contributed by atoms with Crippen LogP contribution in [-0.2, 0) is 13.2 Å². The average Bonchev–Trinajstić information content (AvgIpc) is 2.73. The molecule has 0 aromatic heterocycles. The van der Waals surface area contributed by atoms with Crippen LogP contribution >= 0.6 is 0 Å². The lowest BCUT2D eigenvalue weighted by atomic mass is 10.0. The lowest BCUT2D eigenvalue weighted by molar-refractivity contribution is 0.302. The van der Waals surface area contributed by atoms with Crippen molar-refractivity contribution in [2.75, 3.05) is 0 Å². The molecule has 0 heterocycles. The fraction of sp³-hybridized carbons (Fsp3) is 0.214. The molecule has 0 bridgehead atoms. The Labute approximate surface area is 179 Å². The Morgan fingerprint density at radius 3 is 1.23 bits per heavy atom. The molecule has 0 aliphatic heterocycles. The maximum Gasteiger partial charge on any atom is 0.125 e. The fourth-order valence-electron chi connectivity index (χ4n) is 3.89. The van der Waals surface area contributed by atoms with E-state index in [2.05, 4.69) is 100 Å². The molecule has 0 aliphatic carbocycles. The Morgan fingerprint density at radius 1 is 0.500 bits per heavy atom. The molecule has 0 radical (unpaired) electrons. The van der Waals surface area contributed by atoms with Crippen molar-refractivity contribution in [2.45, 2.75) is 40.9 Å². The molecule has 0 aliphatic rings. The molecular weight excluding hydrogens is 368 g/mol. The predicted octanol–water partition coefficient (Wildman–Crippen LogP) is 7.23. The van der Waals surface area contributed by atoms with Gasteiger partial charge < -0.3 is 9.47 Å². The topological polar surface area (TPSA) is 18.5 Å². The average molecular weight is 397 g/mol. The van der Waals surface area contributed by atoms with E-state index < -0.39 is 0 Å². The van der Waals surface area contributed by atoms with Gasteiger partial charge in [0.15, 0.2) is 0 Å². The standard InChI is InChI=1S/C28H28O2/c1-19-7-5-8-20(2)27(19)29-17-23-11-13-26-16-24(12-14-25(26)15-23)18-30-28-21(3)9-6-10-22(28)4/h5-16H,17-18H2,1-4H3. The molecule has 0 spiro atoms. The first-order valence-electron chi connectivity index (χ1n) is 10.4. The monoisotopic (exact) mass is 396 g/mol. The molecule has 0 amide bonds. The van der Waals surface area contributed by atoms with Crippen molar-refractivity contribution in [1.82, 2.24) is 0 Å². The van der Waals surface area contributed by atoms with Crippen molar-refractivity contribution in [3.63, 3.8) is 0 Å². The van der Waals surface area contributed by atoms with Crippen LogP contribution in [0.3, 0.4) is 0 Å². The highest BCUT2D eigenvalue weighted by molar-refractivity contribution is 5.83. The largest absolute Gasteiger partial charge is 0.488 e. The Hall–Kier alpha value is -3.26. The second kappa shape index (κ2) is 8.62. The van der Waals surface area contributed by atoms with Crippen molar-refractivity contribution < 1.29 is 9.47 Å². The Kier molecular flexibility index (Phi) is 5.76. The van der Waals surface area contributed by atoms with E-state index in [4.69, 9.17) is 9.47 Å². The molecular formula is C28H28O2. The zero-order chi connectivity index (χ0) is 21.1. The minimum Gasteiger partial charge on any atom is -0.488 e. The number of para-hydroxylation sites is 2. The van der Waals surface area contributed by atoms with Crippen molar-refractivity contribution in [1.29, 1.82) is 0 Å². The van der Waals surface area contributed by atoms with Gasteiger partial charge in [0.2, 0.25) is 0 Å². The van der Waals surface area contributed by atoms with Gasteiger partial charge in [0.1, 0.15) is 24.7 Å². The van der Waals surface area contributed by atoms with E-state index in [1.807, 2.05) is 0 Å². The maximum absolute atomic E-state index is 6.12. The van der Waals surface area contributed by atoms with Gasteiger partial charge >= 0.3 is 0 Å². The Morgan fingerprint density at radius 2 is 0.867 bits per heavy atom. The molecule has 0 fully saturated rings. The van der Waals surface area contributed by atoms with Gasteiger partial charge in [-0.25, -0.2) is 0 Å². The fourth-order valence-corrected chi connectivity index (χ4v) is 3.89. The second-order valence-electron chi connectivity index (χ2n) is 8.04. The van der Waals surface area contributed by atoms with Gasteiger partial charge in [0.25, 0.3) is 0 Å². The van der Waals surface area contributed by atoms with Crippen molar-refractivity contribution in [2.24, 2.45) is 0 Å². The summed E-state index contributed by atoms with van der Waals surface area (Å²) in [5.74, 6) is 1.97. The van der Waals surface area contributed by atoms with E-state index >= 15 is 0 Å². The van der Waals surface area contributed by atoms with Gasteiger partial charge in [-0.15, -0.1) is 0 Å². The number of rotatable bonds is 6. The molecule has 4 rings (SSSR count). The maximum atomic E-state index is 6.12. The van der Waals surface area contributed by atoms with E-state index in [1.165, 1.54) is 44.2 Å². The van der Waals surface area contributed by atoms with Crippen LogP contribution in [0.4, 0.5) is 0 Å². The molecule has 2 nitrogen and oxygen atoms in total. The SMILES string of the molecule is Cc1cccc(C)c1OCc1ccc2cc(COc3c(C)cccc3C)ccc2c1. The lowest BCUT2D eigenvalue weighted by Gasteiger charge is -2.13. The Bertz CT molecular complexity index is 1060. The van der Waals surface area contributed by atoms with Crippen LogP contribution in [0.15, 0.2) is 72.8 Å². The summed E-state index contributed by atoms with van der Waals surface area (Å²) < 4.78 is 12.2. The van der Waals surface area contributed by atoms with Crippen LogP contribution in [-0.4, -0.2) is 0 Å². The molecule has 0 saturated heterocycles. The normalized spacial score (nSPS) is 10.9. The highest BCUT2D eigenvalue weighted by Gasteiger charge is 2.06. The van der Waals surface area contributed by atoms with Crippen LogP contribution in [0.25, 0.3) is 10.8 Å². The summed E-state index contributed by atoms with van der Waals surface area (Å²) in [6.07, 6.45) is 0. The minimum atomic E-state index is 0.569. The summed E-state index contributed by atoms with van der Waals surface area (Å²) >= 11 is 0. The highest BCUT2D eigenvalue weighted by atomic mass is 16.5. The smallest absolute Gasteiger partial charge is 0.125 e. The lowest BCUT2D eigenvalue weighted by Crippen LogP contribution is -2.00. The van der Waals surface area contributed by atoms with E-state index in [0.29, 0.717) is 13.2 Å². The highest BCUT2D eigenvalue weighted by Crippen LogP contribution is 2.26. The summed E-state index contributed by atoms with van der Waals surface area (Å²) in [6, 6.07) is 25.5. The molecule has 152 valence electrons. The molecule has 30 heavy (non-hydrogen) atoms. The van der Waals surface area contributed by atoms with Crippen LogP contribution < -0.4 is 9.47 Å². The first-order chi connectivity index (χ1) is 14.5. The van der Waals surface area contributed by atoms with Crippen molar-refractivity contribution >= 4 is 10.8 Å². The summed E-state index contributed by atoms with van der Waals surface area (Å²) in [6.45, 7) is 9.49. The van der Waals surface area contributed by atoms with E-state index in [0.717, 1.165) is 11.5 Å². The van der Waals surface area contributed by atoms with Crippen molar-refractivity contribution in [3.05, 3.63) is 106 Å². The van der Waals surface area contributed by atoms with Gasteiger partial charge in [0.05, 0.1) is 0 Å². The summed E-state index contributed by atoms with van der Waals surface area (Å²) in [5.41, 5.74) is 7.02. The summed E-state index contributed by atoms with van der Waals surface area (Å²) in [5, 5.41) is 2.43. The Balaban J connectivity index is 1.47. The number of fused-ring (bicyclic) bond motifs is 1. The van der Waals surface area contributed by atoms with Gasteiger partial charge in [-0.3, -0.25) is 0 Å². The number of aryl methyl sites for hydroxylation is 4. The van der Waals surface area contributed by atoms with Crippen LogP contribution in [0, 0.1) is 27.7 Å². The molecule has 2 heteroatoms. The molecule has 0 atom stereocenters. The summed E-state index contributed by atoms with van der Waals surface area (Å²) in [7, 11) is 0. The van der Waals surface area contributed by atoms with Crippen LogP contribution in [0.5, 0.6) is 11.5 Å². The van der Waals surface area contributed by atoms with Gasteiger partial charge in [-0.2, -0.15) is 0 Å². The van der Waals surface area contributed by atoms with Gasteiger partial charge in [-0.1, -0.05) is 60.7 Å². The third-order valence-electron chi connectivity index (χ3n) is 5.55. The molecule has 4 aromatic carbocycles. The van der Waals surface area contributed by atoms with E-state index in [9.17, 15) is 0 Å². The first-order valence-corrected chi connectivity index (χ1v) is 10.4. The molecule has 0 unspecified atom stereocenters. The van der Waals surface area contributed by atoms with E-state index in [-0.39, 0.29) is 0 Å². The van der Waals surface area contributed by atoms with Gasteiger partial charge in [-0.05, 0) is 84.0 Å². The third-order valence-corrected chi connectivity index (χ3v) is 5.55. The molecule has 4 aromatic rings. The number of hydrogen-bond donors (Lipinski definition) is 0. The van der Waals surface area contributed by atoms with E-state index in [1.54, 1.807) is 0 Å². The number of hydrogen-bond acceptors (Lipinski definition) is 2. The first kappa shape index (κ1) is 20.0. The van der Waals surface area contributed by atoms with Crippen molar-refractivity contribution in [3.8, 4) is 11.5 Å². The van der Waals surface area contributed by atoms with Crippen LogP contribution in [0.2, 0.25) is 0 Å². The molecule has 0 N–H and O–H groups in total.